The number of carbonyl (C=O) groups excluding carboxylic acids is 2. The predicted octanol–water partition coefficient (Wildman–Crippen LogP) is -2.12. The van der Waals surface area contributed by atoms with Crippen LogP contribution < -0.4 is 20.6 Å². The van der Waals surface area contributed by atoms with E-state index in [0.717, 1.165) is 5.56 Å². The highest BCUT2D eigenvalue weighted by molar-refractivity contribution is 6.91. The topological polar surface area (TPSA) is 191 Å². The second kappa shape index (κ2) is 12.0. The Kier molecular flexibility index (Phi) is 8.34. The number of rotatable bonds is 6. The number of nitrogens with zero attached hydrogens (tertiary/aromatic N) is 1. The molecule has 0 unspecified atom stereocenters. The zero-order valence-corrected chi connectivity index (χ0v) is 29.2. The molecule has 2 amide bonds. The Morgan fingerprint density at radius 1 is 0.690 bits per heavy atom. The van der Waals surface area contributed by atoms with Crippen LogP contribution in [0.25, 0.3) is 0 Å². The first-order valence-corrected chi connectivity index (χ1v) is 22.1. The van der Waals surface area contributed by atoms with Gasteiger partial charge in [-0.25, -0.2) is 4.98 Å². The minimum absolute atomic E-state index is 0.142. The van der Waals surface area contributed by atoms with Crippen molar-refractivity contribution in [2.75, 3.05) is 10.6 Å². The molecule has 42 heavy (non-hydrogen) atoms. The van der Waals surface area contributed by atoms with Crippen molar-refractivity contribution in [2.24, 2.45) is 0 Å². The second-order valence-corrected chi connectivity index (χ2v) is 23.4. The highest BCUT2D eigenvalue weighted by Crippen LogP contribution is 2.30. The number of hydrogen-bond acceptors (Lipinski definition) is 16. The predicted molar refractivity (Wildman–Crippen MR) is 142 cm³/mol. The van der Waals surface area contributed by atoms with Crippen molar-refractivity contribution in [3.8, 4) is 5.75 Å². The Bertz CT molecular complexity index is 1250. The number of carbonyl (C=O) groups is 2. The van der Waals surface area contributed by atoms with E-state index >= 15 is 0 Å². The van der Waals surface area contributed by atoms with E-state index in [1.807, 2.05) is 0 Å². The fourth-order valence-corrected chi connectivity index (χ4v) is 26.2. The van der Waals surface area contributed by atoms with Gasteiger partial charge in [-0.2, -0.15) is 0 Å². The zero-order chi connectivity index (χ0) is 28.8. The molecular weight excluding hydrogens is 699 g/mol. The molecule has 2 N–H and O–H groups in total. The summed E-state index contributed by atoms with van der Waals surface area (Å²) in [5.74, 6) is 0.203. The summed E-state index contributed by atoms with van der Waals surface area (Å²) in [7, 11) is -21.1. The standard InChI is InChI=1S/C16H16N3O15Si8/c1-10(20)17-15-7-13(8-16(19-15)18-11(2)21)22-9-12-3-5-14(6-4-12)42-32-39-26-36-23-35-24-37(28-39)30-41(34-42)31-38(25-35)29-40(27-36)33-42/h3-8H,9H2,1-2H3,(H2,17,18,19,20,21). The summed E-state index contributed by atoms with van der Waals surface area (Å²) in [6, 6.07) is 10.2. The molecule has 8 rings (SSSR count). The highest BCUT2D eigenvalue weighted by atomic mass is 28.6. The first-order valence-electron chi connectivity index (χ1n) is 11.8. The SMILES string of the molecule is CC(=O)Nc1cc(OCc2ccc([Si]34O[Si]5O[Si]6O[Si]7O[Si](O5)O[Si](O[Si](O7)O[Si](O6)O3)O4)cc2)cc(NC(C)=O)n1. The molecule has 0 atom stereocenters. The van der Waals surface area contributed by atoms with Crippen LogP contribution in [-0.2, 0) is 65.6 Å². The fourth-order valence-electron chi connectivity index (χ4n) is 3.67. The van der Waals surface area contributed by atoms with Crippen LogP contribution in [0.2, 0.25) is 0 Å². The van der Waals surface area contributed by atoms with E-state index in [-0.39, 0.29) is 30.1 Å². The lowest BCUT2D eigenvalue weighted by Crippen LogP contribution is -2.75. The van der Waals surface area contributed by atoms with Gasteiger partial charge in [0.2, 0.25) is 11.8 Å². The van der Waals surface area contributed by atoms with E-state index in [0.29, 0.717) is 10.9 Å². The first-order chi connectivity index (χ1) is 20.3. The number of nitrogens with one attached hydrogen (secondary N) is 2. The van der Waals surface area contributed by atoms with E-state index in [2.05, 4.69) is 15.6 Å². The smallest absolute Gasteiger partial charge is 0.489 e. The second-order valence-electron chi connectivity index (χ2n) is 8.45. The van der Waals surface area contributed by atoms with E-state index in [4.69, 9.17) is 54.1 Å². The molecule has 6 aliphatic rings. The fraction of sp³-hybridized carbons (Fsp3) is 0.188. The van der Waals surface area contributed by atoms with Gasteiger partial charge >= 0.3 is 75.5 Å². The molecule has 217 valence electrons. The Labute approximate surface area is 251 Å². The average molecular weight is 715 g/mol. The van der Waals surface area contributed by atoms with Gasteiger partial charge in [0.15, 0.2) is 0 Å². The van der Waals surface area contributed by atoms with Gasteiger partial charge in [0.05, 0.1) is 0 Å². The van der Waals surface area contributed by atoms with Crippen molar-refractivity contribution in [3.05, 3.63) is 42.0 Å². The third-order valence-electron chi connectivity index (χ3n) is 5.27. The Morgan fingerprint density at radius 3 is 1.50 bits per heavy atom. The van der Waals surface area contributed by atoms with Gasteiger partial charge in [-0.15, -0.1) is 0 Å². The molecule has 8 bridgehead atoms. The summed E-state index contributed by atoms with van der Waals surface area (Å²) in [6.07, 6.45) is 0. The molecule has 6 saturated heterocycles. The lowest BCUT2D eigenvalue weighted by molar-refractivity contribution is -0.115. The molecule has 7 radical (unpaired) electrons. The molecule has 1 aromatic carbocycles. The lowest BCUT2D eigenvalue weighted by atomic mass is 10.2. The molecular formula is C16H16N3O15Si8. The summed E-state index contributed by atoms with van der Waals surface area (Å²) >= 11 is 0. The van der Waals surface area contributed by atoms with E-state index < -0.39 is 75.5 Å². The number of amides is 2. The van der Waals surface area contributed by atoms with Gasteiger partial charge in [0.25, 0.3) is 0 Å². The van der Waals surface area contributed by atoms with Crippen molar-refractivity contribution in [1.82, 2.24) is 4.98 Å². The van der Waals surface area contributed by atoms with Crippen LogP contribution in [0.1, 0.15) is 19.4 Å². The summed E-state index contributed by atoms with van der Waals surface area (Å²) in [6.45, 7) is 2.85. The normalized spacial score (nSPS) is 23.6. The minimum atomic E-state index is -3.84. The molecule has 7 heterocycles. The molecule has 0 spiro atoms. The molecule has 2 aromatic rings. The number of pyridine rings is 1. The van der Waals surface area contributed by atoms with Crippen LogP contribution in [-0.4, -0.2) is 92.3 Å². The number of hydrogen-bond donors (Lipinski definition) is 2. The zero-order valence-electron chi connectivity index (χ0n) is 21.2. The van der Waals surface area contributed by atoms with E-state index in [1.165, 1.54) is 13.8 Å². The van der Waals surface area contributed by atoms with Crippen LogP contribution in [0.4, 0.5) is 11.6 Å². The van der Waals surface area contributed by atoms with Gasteiger partial charge in [-0.1, -0.05) is 24.3 Å². The Balaban J connectivity index is 1.12. The molecule has 6 fully saturated rings. The summed E-state index contributed by atoms with van der Waals surface area (Å²) < 4.78 is 77.9. The minimum Gasteiger partial charge on any atom is -0.489 e. The van der Waals surface area contributed by atoms with Gasteiger partial charge in [-0.3, -0.25) is 9.59 Å². The summed E-state index contributed by atoms with van der Waals surface area (Å²) in [4.78, 5) is 27.2. The van der Waals surface area contributed by atoms with Gasteiger partial charge in [0.1, 0.15) is 24.0 Å². The molecule has 6 aliphatic heterocycles. The van der Waals surface area contributed by atoms with E-state index in [1.54, 1.807) is 36.4 Å². The maximum Gasteiger partial charge on any atom is 0.553 e. The van der Waals surface area contributed by atoms with Crippen molar-refractivity contribution >= 4 is 104 Å². The van der Waals surface area contributed by atoms with Crippen molar-refractivity contribution < 1.29 is 63.7 Å². The molecule has 26 heteroatoms. The largest absolute Gasteiger partial charge is 0.553 e. The Morgan fingerprint density at radius 2 is 1.10 bits per heavy atom. The average Bonchev–Trinajstić information content (AvgIpc) is 2.83. The van der Waals surface area contributed by atoms with Crippen LogP contribution in [0.15, 0.2) is 36.4 Å². The van der Waals surface area contributed by atoms with Crippen molar-refractivity contribution in [3.63, 3.8) is 0 Å². The van der Waals surface area contributed by atoms with Crippen molar-refractivity contribution in [2.45, 2.75) is 20.5 Å². The number of anilines is 2. The first kappa shape index (κ1) is 29.1. The van der Waals surface area contributed by atoms with Gasteiger partial charge in [-0.05, 0) is 5.56 Å². The monoisotopic (exact) mass is 714 g/mol. The van der Waals surface area contributed by atoms with E-state index in [9.17, 15) is 9.59 Å². The summed E-state index contributed by atoms with van der Waals surface area (Å²) in [5, 5.41) is 5.72. The van der Waals surface area contributed by atoms with Crippen LogP contribution in [0.3, 0.4) is 0 Å². The number of benzene rings is 1. The van der Waals surface area contributed by atoms with Gasteiger partial charge in [0, 0.05) is 31.2 Å². The van der Waals surface area contributed by atoms with Crippen LogP contribution >= 0.6 is 0 Å². The third-order valence-corrected chi connectivity index (χ3v) is 23.5. The van der Waals surface area contributed by atoms with Crippen molar-refractivity contribution in [1.29, 1.82) is 0 Å². The highest BCUT2D eigenvalue weighted by Gasteiger charge is 2.66. The maximum atomic E-state index is 11.5. The lowest BCUT2D eigenvalue weighted by Gasteiger charge is -2.44. The number of ether oxygens (including phenoxy) is 1. The Hall–Kier alpha value is -1.63. The third kappa shape index (κ3) is 6.56. The quantitative estimate of drug-likeness (QED) is 0.309. The van der Waals surface area contributed by atoms with Gasteiger partial charge < -0.3 is 64.8 Å². The molecule has 1 aromatic heterocycles. The maximum absolute atomic E-state index is 11.5. The molecule has 18 nitrogen and oxygen atoms in total. The molecule has 0 saturated carbocycles. The molecule has 0 aliphatic carbocycles. The van der Waals surface area contributed by atoms with Crippen LogP contribution in [0, 0.1) is 0 Å². The number of aromatic nitrogens is 1. The van der Waals surface area contributed by atoms with Crippen LogP contribution in [0.5, 0.6) is 5.75 Å². The summed E-state index contributed by atoms with van der Waals surface area (Å²) in [5.41, 5.74) is 0.774.